The van der Waals surface area contributed by atoms with Gasteiger partial charge in [-0.2, -0.15) is 0 Å². The fraction of sp³-hybridized carbons (Fsp3) is 0.538. The van der Waals surface area contributed by atoms with E-state index in [0.29, 0.717) is 0 Å². The maximum atomic E-state index is 11.9. The van der Waals surface area contributed by atoms with E-state index in [4.69, 9.17) is 4.74 Å². The molecule has 1 fully saturated rings. The van der Waals surface area contributed by atoms with Crippen LogP contribution in [0.2, 0.25) is 0 Å². The van der Waals surface area contributed by atoms with Crippen molar-refractivity contribution < 1.29 is 14.6 Å². The lowest BCUT2D eigenvalue weighted by molar-refractivity contribution is 0.0207. The number of rotatable bonds is 2. The highest BCUT2D eigenvalue weighted by Gasteiger charge is 2.21. The van der Waals surface area contributed by atoms with Crippen molar-refractivity contribution in [1.29, 1.82) is 0 Å². The highest BCUT2D eigenvalue weighted by atomic mass is 16.5. The summed E-state index contributed by atoms with van der Waals surface area (Å²) < 4.78 is 6.59. The lowest BCUT2D eigenvalue weighted by Gasteiger charge is -2.22. The van der Waals surface area contributed by atoms with Gasteiger partial charge in [-0.15, -0.1) is 0 Å². The Balaban J connectivity index is 2.13. The lowest BCUT2D eigenvalue weighted by atomic mass is 9.98. The molecule has 0 spiro atoms. The molecule has 0 radical (unpaired) electrons. The molecule has 1 aliphatic rings. The Morgan fingerprint density at radius 2 is 2.06 bits per heavy atom. The smallest absolute Gasteiger partial charge is 0.343 e. The molecule has 1 aromatic rings. The van der Waals surface area contributed by atoms with Crippen LogP contribution >= 0.6 is 0 Å². The Morgan fingerprint density at radius 3 is 2.72 bits per heavy atom. The molecule has 0 aromatic carbocycles. The molecule has 5 heteroatoms. The molecule has 1 aromatic heterocycles. The van der Waals surface area contributed by atoms with Crippen molar-refractivity contribution in [1.82, 2.24) is 4.57 Å². The van der Waals surface area contributed by atoms with E-state index in [-0.39, 0.29) is 23.0 Å². The second-order valence-electron chi connectivity index (χ2n) is 4.69. The number of nitrogens with zero attached hydrogens (tertiary/aromatic N) is 1. The molecule has 5 nitrogen and oxygen atoms in total. The highest BCUT2D eigenvalue weighted by molar-refractivity contribution is 5.92. The van der Waals surface area contributed by atoms with Gasteiger partial charge in [0.1, 0.15) is 17.4 Å². The molecule has 0 aliphatic heterocycles. The number of carbonyl (C=O) groups is 1. The first-order chi connectivity index (χ1) is 8.58. The van der Waals surface area contributed by atoms with Gasteiger partial charge < -0.3 is 14.4 Å². The van der Waals surface area contributed by atoms with E-state index in [2.05, 4.69) is 0 Å². The van der Waals surface area contributed by atoms with Crippen LogP contribution in [0, 0.1) is 0 Å². The van der Waals surface area contributed by atoms with Crippen LogP contribution in [-0.2, 0) is 11.8 Å². The number of carbonyl (C=O) groups excluding carboxylic acids is 1. The Labute approximate surface area is 105 Å². The van der Waals surface area contributed by atoms with Gasteiger partial charge in [0.05, 0.1) is 0 Å². The summed E-state index contributed by atoms with van der Waals surface area (Å²) >= 11 is 0. The van der Waals surface area contributed by atoms with Gasteiger partial charge in [-0.3, -0.25) is 4.79 Å². The fourth-order valence-electron chi connectivity index (χ4n) is 2.18. The molecule has 2 rings (SSSR count). The predicted octanol–water partition coefficient (Wildman–Crippen LogP) is 1.58. The number of ether oxygens (including phenoxy) is 1. The van der Waals surface area contributed by atoms with Crippen molar-refractivity contribution in [3.8, 4) is 5.75 Å². The number of pyridine rings is 1. The van der Waals surface area contributed by atoms with E-state index in [1.54, 1.807) is 0 Å². The monoisotopic (exact) mass is 251 g/mol. The van der Waals surface area contributed by atoms with Crippen LogP contribution in [-0.4, -0.2) is 21.7 Å². The number of hydrogen-bond donors (Lipinski definition) is 1. The lowest BCUT2D eigenvalue weighted by Crippen LogP contribution is -2.23. The van der Waals surface area contributed by atoms with E-state index < -0.39 is 5.97 Å². The minimum atomic E-state index is -0.560. The summed E-state index contributed by atoms with van der Waals surface area (Å²) in [4.78, 5) is 23.2. The molecular weight excluding hydrogens is 234 g/mol. The predicted molar refractivity (Wildman–Crippen MR) is 65.6 cm³/mol. The summed E-state index contributed by atoms with van der Waals surface area (Å²) in [5.74, 6) is -0.881. The molecule has 1 heterocycles. The highest BCUT2D eigenvalue weighted by Crippen LogP contribution is 2.23. The van der Waals surface area contributed by atoms with Gasteiger partial charge in [-0.25, -0.2) is 4.79 Å². The summed E-state index contributed by atoms with van der Waals surface area (Å²) in [7, 11) is 1.53. The summed E-state index contributed by atoms with van der Waals surface area (Å²) in [5, 5.41) is 9.60. The van der Waals surface area contributed by atoms with Crippen molar-refractivity contribution in [2.24, 2.45) is 7.05 Å². The number of aryl methyl sites for hydroxylation is 1. The largest absolute Gasteiger partial charge is 0.507 e. The van der Waals surface area contributed by atoms with Crippen molar-refractivity contribution >= 4 is 5.97 Å². The second kappa shape index (κ2) is 5.25. The van der Waals surface area contributed by atoms with Crippen LogP contribution in [0.5, 0.6) is 5.75 Å². The topological polar surface area (TPSA) is 68.5 Å². The SMILES string of the molecule is Cn1cc(C(=O)OC2CCCCC2)c(O)cc1=O. The maximum absolute atomic E-state index is 11.9. The first-order valence-electron chi connectivity index (χ1n) is 6.18. The number of hydrogen-bond acceptors (Lipinski definition) is 4. The third-order valence-electron chi connectivity index (χ3n) is 3.25. The molecule has 0 amide bonds. The average molecular weight is 251 g/mol. The van der Waals surface area contributed by atoms with Crippen molar-refractivity contribution in [2.75, 3.05) is 0 Å². The van der Waals surface area contributed by atoms with Gasteiger partial charge in [0.2, 0.25) is 0 Å². The van der Waals surface area contributed by atoms with Crippen LogP contribution in [0.25, 0.3) is 0 Å². The third kappa shape index (κ3) is 2.72. The van der Waals surface area contributed by atoms with E-state index >= 15 is 0 Å². The van der Waals surface area contributed by atoms with Gasteiger partial charge in [0.15, 0.2) is 0 Å². The van der Waals surface area contributed by atoms with Gasteiger partial charge in [0.25, 0.3) is 5.56 Å². The van der Waals surface area contributed by atoms with Crippen LogP contribution in [0.4, 0.5) is 0 Å². The van der Waals surface area contributed by atoms with Gasteiger partial charge in [0, 0.05) is 19.3 Å². The van der Waals surface area contributed by atoms with E-state index in [1.165, 1.54) is 24.2 Å². The minimum absolute atomic E-state index is 0.0441. The van der Waals surface area contributed by atoms with E-state index in [0.717, 1.165) is 31.7 Å². The van der Waals surface area contributed by atoms with Crippen molar-refractivity contribution in [2.45, 2.75) is 38.2 Å². The Bertz CT molecular complexity index is 500. The molecule has 0 bridgehead atoms. The molecule has 98 valence electrons. The average Bonchev–Trinajstić information content (AvgIpc) is 2.35. The summed E-state index contributed by atoms with van der Waals surface area (Å²) in [6.07, 6.45) is 6.30. The molecular formula is C13H17NO4. The molecule has 1 aliphatic carbocycles. The zero-order valence-electron chi connectivity index (χ0n) is 10.4. The number of aromatic hydroxyl groups is 1. The molecule has 1 N–H and O–H groups in total. The van der Waals surface area contributed by atoms with E-state index in [1.807, 2.05) is 0 Å². The number of esters is 1. The first-order valence-corrected chi connectivity index (χ1v) is 6.18. The van der Waals surface area contributed by atoms with Crippen LogP contribution < -0.4 is 5.56 Å². The fourth-order valence-corrected chi connectivity index (χ4v) is 2.18. The minimum Gasteiger partial charge on any atom is -0.507 e. The molecule has 0 unspecified atom stereocenters. The normalized spacial score (nSPS) is 16.5. The standard InChI is InChI=1S/C13H17NO4/c1-14-8-10(11(15)7-12(14)16)13(17)18-9-5-3-2-4-6-9/h7-9,15H,2-6H2,1H3. The van der Waals surface area contributed by atoms with Gasteiger partial charge in [-0.1, -0.05) is 6.42 Å². The Hall–Kier alpha value is -1.78. The molecule has 18 heavy (non-hydrogen) atoms. The zero-order chi connectivity index (χ0) is 13.1. The quantitative estimate of drug-likeness (QED) is 0.810. The van der Waals surface area contributed by atoms with Crippen molar-refractivity contribution in [3.05, 3.63) is 28.2 Å². The van der Waals surface area contributed by atoms with Crippen LogP contribution in [0.15, 0.2) is 17.1 Å². The zero-order valence-corrected chi connectivity index (χ0v) is 10.4. The molecule has 0 saturated heterocycles. The first kappa shape index (κ1) is 12.7. The van der Waals surface area contributed by atoms with Crippen molar-refractivity contribution in [3.63, 3.8) is 0 Å². The summed E-state index contributed by atoms with van der Waals surface area (Å²) in [5.41, 5.74) is -0.315. The third-order valence-corrected chi connectivity index (χ3v) is 3.25. The number of aromatic nitrogens is 1. The molecule has 1 saturated carbocycles. The summed E-state index contributed by atoms with van der Waals surface area (Å²) in [6, 6.07) is 1.03. The molecule has 0 atom stereocenters. The summed E-state index contributed by atoms with van der Waals surface area (Å²) in [6.45, 7) is 0. The second-order valence-corrected chi connectivity index (χ2v) is 4.69. The van der Waals surface area contributed by atoms with Gasteiger partial charge >= 0.3 is 5.97 Å². The van der Waals surface area contributed by atoms with Crippen LogP contribution in [0.3, 0.4) is 0 Å². The van der Waals surface area contributed by atoms with Gasteiger partial charge in [-0.05, 0) is 25.7 Å². The maximum Gasteiger partial charge on any atom is 0.343 e. The van der Waals surface area contributed by atoms with Crippen LogP contribution in [0.1, 0.15) is 42.5 Å². The van der Waals surface area contributed by atoms with E-state index in [9.17, 15) is 14.7 Å². The Kier molecular flexibility index (Phi) is 3.69. The Morgan fingerprint density at radius 1 is 1.39 bits per heavy atom.